The highest BCUT2D eigenvalue weighted by molar-refractivity contribution is 7.80. The summed E-state index contributed by atoms with van der Waals surface area (Å²) in [5, 5.41) is 15.8. The number of nitrogens with one attached hydrogen (secondary N) is 2. The molecule has 0 bridgehead atoms. The van der Waals surface area contributed by atoms with Gasteiger partial charge in [-0.25, -0.2) is 0 Å². The standard InChI is InChI=1S/C20H23N3O2S/c1-4-17(15-7-10-18(24-2)19(13-15)25-3)23-20(26)22-16-8-5-14(6-9-16)11-12-21/h5-10,13,17H,4,11H2,1-3H3,(H2,22,23,26)/t17-/m0/s1. The van der Waals surface area contributed by atoms with Crippen LogP contribution in [0.1, 0.15) is 30.5 Å². The minimum Gasteiger partial charge on any atom is -0.493 e. The number of ether oxygens (including phenoxy) is 2. The normalized spacial score (nSPS) is 11.2. The van der Waals surface area contributed by atoms with Gasteiger partial charge in [-0.05, 0) is 54.0 Å². The summed E-state index contributed by atoms with van der Waals surface area (Å²) in [4.78, 5) is 0. The van der Waals surface area contributed by atoms with Crippen molar-refractivity contribution in [2.45, 2.75) is 25.8 Å². The van der Waals surface area contributed by atoms with Crippen LogP contribution in [0.5, 0.6) is 11.5 Å². The monoisotopic (exact) mass is 369 g/mol. The summed E-state index contributed by atoms with van der Waals surface area (Å²) >= 11 is 5.44. The van der Waals surface area contributed by atoms with Crippen LogP contribution in [0.3, 0.4) is 0 Å². The van der Waals surface area contributed by atoms with E-state index < -0.39 is 0 Å². The van der Waals surface area contributed by atoms with E-state index in [1.54, 1.807) is 14.2 Å². The molecule has 26 heavy (non-hydrogen) atoms. The zero-order valence-corrected chi connectivity index (χ0v) is 16.0. The van der Waals surface area contributed by atoms with E-state index in [4.69, 9.17) is 27.0 Å². The van der Waals surface area contributed by atoms with Crippen LogP contribution in [0.15, 0.2) is 42.5 Å². The first-order chi connectivity index (χ1) is 12.6. The third-order valence-electron chi connectivity index (χ3n) is 4.02. The predicted molar refractivity (Wildman–Crippen MR) is 108 cm³/mol. The number of nitrogens with zero attached hydrogens (tertiary/aromatic N) is 1. The number of hydrogen-bond acceptors (Lipinski definition) is 4. The molecule has 2 N–H and O–H groups in total. The fraction of sp³-hybridized carbons (Fsp3) is 0.300. The largest absolute Gasteiger partial charge is 0.493 e. The molecular formula is C20H23N3O2S. The Labute approximate surface area is 159 Å². The summed E-state index contributed by atoms with van der Waals surface area (Å²) in [6.45, 7) is 2.09. The van der Waals surface area contributed by atoms with Gasteiger partial charge in [-0.1, -0.05) is 25.1 Å². The molecule has 2 aromatic rings. The fourth-order valence-electron chi connectivity index (χ4n) is 2.61. The Morgan fingerprint density at radius 2 is 1.81 bits per heavy atom. The summed E-state index contributed by atoms with van der Waals surface area (Å²) in [7, 11) is 3.24. The minimum atomic E-state index is 0.0488. The molecule has 0 spiro atoms. The van der Waals surface area contributed by atoms with Crippen LogP contribution in [-0.4, -0.2) is 19.3 Å². The Morgan fingerprint density at radius 1 is 1.12 bits per heavy atom. The molecule has 0 unspecified atom stereocenters. The van der Waals surface area contributed by atoms with E-state index in [2.05, 4.69) is 23.6 Å². The van der Waals surface area contributed by atoms with Crippen LogP contribution < -0.4 is 20.1 Å². The molecule has 0 aliphatic heterocycles. The number of rotatable bonds is 7. The molecule has 6 heteroatoms. The lowest BCUT2D eigenvalue weighted by atomic mass is 10.0. The van der Waals surface area contributed by atoms with Crippen LogP contribution in [0.25, 0.3) is 0 Å². The van der Waals surface area contributed by atoms with Crippen LogP contribution in [0.4, 0.5) is 5.69 Å². The van der Waals surface area contributed by atoms with Crippen LogP contribution in [-0.2, 0) is 6.42 Å². The van der Waals surface area contributed by atoms with E-state index in [1.165, 1.54) is 0 Å². The van der Waals surface area contributed by atoms with Gasteiger partial charge in [0, 0.05) is 5.69 Å². The van der Waals surface area contributed by atoms with Crippen LogP contribution in [0.2, 0.25) is 0 Å². The van der Waals surface area contributed by atoms with Gasteiger partial charge in [0.25, 0.3) is 0 Å². The molecule has 0 aliphatic rings. The number of anilines is 1. The summed E-state index contributed by atoms with van der Waals surface area (Å²) in [6, 6.07) is 15.7. The van der Waals surface area contributed by atoms with Crippen molar-refractivity contribution >= 4 is 23.0 Å². The van der Waals surface area contributed by atoms with E-state index in [0.29, 0.717) is 23.0 Å². The molecule has 0 amide bonds. The molecule has 5 nitrogen and oxygen atoms in total. The quantitative estimate of drug-likeness (QED) is 0.713. The lowest BCUT2D eigenvalue weighted by molar-refractivity contribution is 0.354. The summed E-state index contributed by atoms with van der Waals surface area (Å²) in [5.41, 5.74) is 2.93. The number of methoxy groups -OCH3 is 2. The first-order valence-corrected chi connectivity index (χ1v) is 8.77. The van der Waals surface area contributed by atoms with E-state index >= 15 is 0 Å². The van der Waals surface area contributed by atoms with Gasteiger partial charge in [0.1, 0.15) is 0 Å². The highest BCUT2D eigenvalue weighted by Gasteiger charge is 2.14. The van der Waals surface area contributed by atoms with Gasteiger partial charge in [-0.15, -0.1) is 0 Å². The second kappa shape index (κ2) is 9.64. The Balaban J connectivity index is 2.05. The van der Waals surface area contributed by atoms with Crippen molar-refractivity contribution in [3.63, 3.8) is 0 Å². The van der Waals surface area contributed by atoms with Gasteiger partial charge < -0.3 is 20.1 Å². The van der Waals surface area contributed by atoms with E-state index in [0.717, 1.165) is 23.2 Å². The minimum absolute atomic E-state index is 0.0488. The number of benzene rings is 2. The maximum absolute atomic E-state index is 8.73. The third kappa shape index (κ3) is 5.11. The Kier molecular flexibility index (Phi) is 7.24. The topological polar surface area (TPSA) is 66.3 Å². The SMILES string of the molecule is CC[C@H](NC(=S)Nc1ccc(CC#N)cc1)c1ccc(OC)c(OC)c1. The van der Waals surface area contributed by atoms with Gasteiger partial charge in [0.05, 0.1) is 32.8 Å². The Bertz CT molecular complexity index is 785. The summed E-state index contributed by atoms with van der Waals surface area (Å²) in [5.74, 6) is 1.39. The molecule has 0 aliphatic carbocycles. The molecule has 0 saturated carbocycles. The second-order valence-electron chi connectivity index (χ2n) is 5.71. The van der Waals surface area contributed by atoms with Crippen molar-refractivity contribution in [3.05, 3.63) is 53.6 Å². The molecule has 0 heterocycles. The van der Waals surface area contributed by atoms with Gasteiger partial charge in [0.2, 0.25) is 0 Å². The first kappa shape index (κ1) is 19.5. The second-order valence-corrected chi connectivity index (χ2v) is 6.11. The Morgan fingerprint density at radius 3 is 2.38 bits per heavy atom. The van der Waals surface area contributed by atoms with Crippen molar-refractivity contribution in [2.24, 2.45) is 0 Å². The van der Waals surface area contributed by atoms with Crippen LogP contribution in [0, 0.1) is 11.3 Å². The maximum atomic E-state index is 8.73. The van der Waals surface area contributed by atoms with Gasteiger partial charge >= 0.3 is 0 Å². The maximum Gasteiger partial charge on any atom is 0.171 e. The Hall–Kier alpha value is -2.78. The molecule has 2 aromatic carbocycles. The molecular weight excluding hydrogens is 346 g/mol. The lowest BCUT2D eigenvalue weighted by Crippen LogP contribution is -2.32. The van der Waals surface area contributed by atoms with Crippen molar-refractivity contribution in [2.75, 3.05) is 19.5 Å². The molecule has 136 valence electrons. The summed E-state index contributed by atoms with van der Waals surface area (Å²) in [6.07, 6.45) is 1.26. The predicted octanol–water partition coefficient (Wildman–Crippen LogP) is 4.21. The molecule has 1 atom stereocenters. The van der Waals surface area contributed by atoms with Gasteiger partial charge in [0.15, 0.2) is 16.6 Å². The molecule has 0 fully saturated rings. The van der Waals surface area contributed by atoms with Crippen molar-refractivity contribution in [1.82, 2.24) is 5.32 Å². The zero-order chi connectivity index (χ0) is 18.9. The van der Waals surface area contributed by atoms with Gasteiger partial charge in [-0.2, -0.15) is 5.26 Å². The number of thiocarbonyl (C=S) groups is 1. The fourth-order valence-corrected chi connectivity index (χ4v) is 2.87. The highest BCUT2D eigenvalue weighted by atomic mass is 32.1. The number of nitriles is 1. The average Bonchev–Trinajstić information content (AvgIpc) is 2.67. The van der Waals surface area contributed by atoms with Gasteiger partial charge in [-0.3, -0.25) is 0 Å². The molecule has 0 aromatic heterocycles. The van der Waals surface area contributed by atoms with E-state index in [-0.39, 0.29) is 6.04 Å². The lowest BCUT2D eigenvalue weighted by Gasteiger charge is -2.21. The van der Waals surface area contributed by atoms with E-state index in [9.17, 15) is 0 Å². The number of hydrogen-bond donors (Lipinski definition) is 2. The highest BCUT2D eigenvalue weighted by Crippen LogP contribution is 2.30. The molecule has 0 radical (unpaired) electrons. The van der Waals surface area contributed by atoms with Crippen molar-refractivity contribution in [3.8, 4) is 17.6 Å². The van der Waals surface area contributed by atoms with E-state index in [1.807, 2.05) is 42.5 Å². The van der Waals surface area contributed by atoms with Crippen molar-refractivity contribution < 1.29 is 9.47 Å². The van der Waals surface area contributed by atoms with Crippen LogP contribution >= 0.6 is 12.2 Å². The molecule has 2 rings (SSSR count). The summed E-state index contributed by atoms with van der Waals surface area (Å²) < 4.78 is 10.7. The average molecular weight is 369 g/mol. The zero-order valence-electron chi connectivity index (χ0n) is 15.2. The first-order valence-electron chi connectivity index (χ1n) is 8.36. The molecule has 0 saturated heterocycles. The smallest absolute Gasteiger partial charge is 0.171 e. The van der Waals surface area contributed by atoms with Crippen molar-refractivity contribution in [1.29, 1.82) is 5.26 Å². The third-order valence-corrected chi connectivity index (χ3v) is 4.24.